The van der Waals surface area contributed by atoms with Crippen molar-refractivity contribution in [2.24, 2.45) is 10.9 Å². The topological polar surface area (TPSA) is 98.8 Å². The van der Waals surface area contributed by atoms with E-state index in [1.807, 2.05) is 49.4 Å². The third kappa shape index (κ3) is 6.05. The maximum Gasteiger partial charge on any atom is 0.265 e. The van der Waals surface area contributed by atoms with Crippen molar-refractivity contribution in [1.82, 2.24) is 4.98 Å². The molecule has 2 aromatic carbocycles. The molecule has 0 bridgehead atoms. The van der Waals surface area contributed by atoms with Crippen LogP contribution in [-0.4, -0.2) is 23.3 Å². The Kier molecular flexibility index (Phi) is 6.80. The largest absolute Gasteiger partial charge is 0.439 e. The molecule has 8 heteroatoms. The van der Waals surface area contributed by atoms with Crippen molar-refractivity contribution < 1.29 is 14.4 Å². The summed E-state index contributed by atoms with van der Waals surface area (Å²) in [5.41, 5.74) is 8.12. The molecule has 0 aliphatic heterocycles. The Labute approximate surface area is 176 Å². The summed E-state index contributed by atoms with van der Waals surface area (Å²) in [5.74, 6) is 0.881. The number of carbonyl (C=O) groups is 1. The van der Waals surface area contributed by atoms with Gasteiger partial charge in [0.2, 0.25) is 5.88 Å². The van der Waals surface area contributed by atoms with Crippen LogP contribution in [0.15, 0.2) is 76.5 Å². The highest BCUT2D eigenvalue weighted by Crippen LogP contribution is 2.20. The first-order valence-corrected chi connectivity index (χ1v) is 9.51. The lowest BCUT2D eigenvalue weighted by Crippen LogP contribution is -2.19. The average molecular weight is 455 g/mol. The van der Waals surface area contributed by atoms with Crippen molar-refractivity contribution in [2.45, 2.75) is 6.92 Å². The number of para-hydroxylation sites is 1. The number of carbonyl (C=O) groups excluding carboxylic acids is 1. The van der Waals surface area contributed by atoms with Gasteiger partial charge in [-0.2, -0.15) is 0 Å². The van der Waals surface area contributed by atoms with Crippen molar-refractivity contribution in [1.29, 1.82) is 0 Å². The normalized spacial score (nSPS) is 11.0. The molecule has 0 saturated heterocycles. The Morgan fingerprint density at radius 1 is 1.17 bits per heavy atom. The fourth-order valence-electron chi connectivity index (χ4n) is 2.33. The lowest BCUT2D eigenvalue weighted by atomic mass is 10.2. The number of nitrogens with zero attached hydrogens (tertiary/aromatic N) is 2. The van der Waals surface area contributed by atoms with Gasteiger partial charge in [-0.3, -0.25) is 4.79 Å². The van der Waals surface area contributed by atoms with Crippen molar-refractivity contribution in [2.75, 3.05) is 11.9 Å². The molecule has 0 spiro atoms. The van der Waals surface area contributed by atoms with Crippen molar-refractivity contribution in [3.8, 4) is 11.6 Å². The van der Waals surface area contributed by atoms with Gasteiger partial charge in [-0.1, -0.05) is 39.3 Å². The number of anilines is 1. The van der Waals surface area contributed by atoms with Crippen LogP contribution in [0.2, 0.25) is 0 Å². The Bertz CT molecular complexity index is 1010. The van der Waals surface area contributed by atoms with Crippen LogP contribution in [-0.2, 0) is 9.63 Å². The fourth-order valence-corrected chi connectivity index (χ4v) is 2.58. The number of aryl methyl sites for hydroxylation is 1. The van der Waals surface area contributed by atoms with E-state index in [2.05, 4.69) is 31.4 Å². The maximum absolute atomic E-state index is 12.0. The van der Waals surface area contributed by atoms with Crippen LogP contribution >= 0.6 is 15.9 Å². The lowest BCUT2D eigenvalue weighted by molar-refractivity contribution is -0.120. The Morgan fingerprint density at radius 3 is 2.66 bits per heavy atom. The van der Waals surface area contributed by atoms with Gasteiger partial charge in [0.1, 0.15) is 5.75 Å². The number of rotatable bonds is 7. The van der Waals surface area contributed by atoms with E-state index in [0.29, 0.717) is 22.9 Å². The third-order valence-corrected chi connectivity index (χ3v) is 4.69. The number of amidine groups is 1. The van der Waals surface area contributed by atoms with Gasteiger partial charge in [-0.15, -0.1) is 0 Å². The van der Waals surface area contributed by atoms with Crippen LogP contribution in [0.4, 0.5) is 5.69 Å². The molecular formula is C21H19BrN4O3. The molecule has 0 aliphatic carbocycles. The Balaban J connectivity index is 1.51. The molecule has 1 heterocycles. The minimum atomic E-state index is -0.340. The van der Waals surface area contributed by atoms with E-state index in [9.17, 15) is 4.79 Å². The number of pyridine rings is 1. The molecule has 3 aromatic rings. The van der Waals surface area contributed by atoms with Crippen LogP contribution in [0, 0.1) is 6.92 Å². The molecule has 7 nitrogen and oxygen atoms in total. The molecular weight excluding hydrogens is 436 g/mol. The SMILES string of the molecule is Cc1cc(NC(=O)CO/N=C(/N)c2ccc(Oc3ccccc3)nc2)ccc1Br. The second-order valence-corrected chi connectivity index (χ2v) is 6.92. The molecule has 148 valence electrons. The molecule has 0 radical (unpaired) electrons. The Hall–Kier alpha value is -3.39. The van der Waals surface area contributed by atoms with Gasteiger partial charge in [0, 0.05) is 28.0 Å². The predicted molar refractivity (Wildman–Crippen MR) is 115 cm³/mol. The van der Waals surface area contributed by atoms with Crippen LogP contribution in [0.1, 0.15) is 11.1 Å². The lowest BCUT2D eigenvalue weighted by Gasteiger charge is -2.07. The first kappa shape index (κ1) is 20.3. The van der Waals surface area contributed by atoms with E-state index < -0.39 is 0 Å². The van der Waals surface area contributed by atoms with E-state index >= 15 is 0 Å². The van der Waals surface area contributed by atoms with E-state index in [-0.39, 0.29) is 18.3 Å². The van der Waals surface area contributed by atoms with Crippen LogP contribution in [0.25, 0.3) is 0 Å². The van der Waals surface area contributed by atoms with Crippen LogP contribution < -0.4 is 15.8 Å². The van der Waals surface area contributed by atoms with Crippen molar-refractivity contribution in [3.05, 3.63) is 82.5 Å². The standard InChI is InChI=1S/C21H19BrN4O3/c1-14-11-16(8-9-18(14)22)25-19(27)13-28-26-21(23)15-7-10-20(24-12-15)29-17-5-3-2-4-6-17/h2-12H,13H2,1H3,(H2,23,26)(H,25,27). The monoisotopic (exact) mass is 454 g/mol. The highest BCUT2D eigenvalue weighted by Gasteiger charge is 2.06. The van der Waals surface area contributed by atoms with Gasteiger partial charge in [-0.05, 0) is 48.9 Å². The number of oxime groups is 1. The second-order valence-electron chi connectivity index (χ2n) is 6.06. The zero-order valence-corrected chi connectivity index (χ0v) is 17.2. The summed E-state index contributed by atoms with van der Waals surface area (Å²) in [4.78, 5) is 21.2. The highest BCUT2D eigenvalue weighted by atomic mass is 79.9. The number of aromatic nitrogens is 1. The molecule has 0 saturated carbocycles. The number of nitrogens with one attached hydrogen (secondary N) is 1. The molecule has 29 heavy (non-hydrogen) atoms. The van der Waals surface area contributed by atoms with Gasteiger partial charge in [-0.25, -0.2) is 4.98 Å². The number of hydrogen-bond donors (Lipinski definition) is 2. The zero-order chi connectivity index (χ0) is 20.6. The molecule has 0 unspecified atom stereocenters. The summed E-state index contributed by atoms with van der Waals surface area (Å²) in [7, 11) is 0. The second kappa shape index (κ2) is 9.70. The number of nitrogens with two attached hydrogens (primary N) is 1. The van der Waals surface area contributed by atoms with Gasteiger partial charge in [0.15, 0.2) is 12.4 Å². The molecule has 0 aliphatic rings. The summed E-state index contributed by atoms with van der Waals surface area (Å²) in [6.45, 7) is 1.67. The number of benzene rings is 2. The number of amides is 1. The van der Waals surface area contributed by atoms with Crippen LogP contribution in [0.3, 0.4) is 0 Å². The maximum atomic E-state index is 12.0. The van der Waals surface area contributed by atoms with Gasteiger partial charge in [0.25, 0.3) is 5.91 Å². The highest BCUT2D eigenvalue weighted by molar-refractivity contribution is 9.10. The minimum Gasteiger partial charge on any atom is -0.439 e. The molecule has 0 fully saturated rings. The average Bonchev–Trinajstić information content (AvgIpc) is 2.72. The van der Waals surface area contributed by atoms with E-state index in [1.54, 1.807) is 18.2 Å². The summed E-state index contributed by atoms with van der Waals surface area (Å²) in [6.07, 6.45) is 1.52. The molecule has 3 rings (SSSR count). The first-order chi connectivity index (χ1) is 14.0. The van der Waals surface area contributed by atoms with Crippen molar-refractivity contribution >= 4 is 33.4 Å². The molecule has 1 aromatic heterocycles. The molecule has 1 amide bonds. The number of ether oxygens (including phenoxy) is 1. The van der Waals surface area contributed by atoms with Gasteiger partial charge >= 0.3 is 0 Å². The summed E-state index contributed by atoms with van der Waals surface area (Å²) in [6, 6.07) is 18.2. The smallest absolute Gasteiger partial charge is 0.265 e. The number of hydrogen-bond acceptors (Lipinski definition) is 5. The molecule has 0 atom stereocenters. The van der Waals surface area contributed by atoms with E-state index in [1.165, 1.54) is 6.20 Å². The zero-order valence-electron chi connectivity index (χ0n) is 15.6. The third-order valence-electron chi connectivity index (χ3n) is 3.80. The summed E-state index contributed by atoms with van der Waals surface area (Å²) in [5, 5.41) is 6.50. The number of halogens is 1. The van der Waals surface area contributed by atoms with E-state index in [0.717, 1.165) is 10.0 Å². The predicted octanol–water partition coefficient (Wildman–Crippen LogP) is 4.22. The summed E-state index contributed by atoms with van der Waals surface area (Å²) < 4.78 is 6.59. The Morgan fingerprint density at radius 2 is 1.97 bits per heavy atom. The fraction of sp³-hybridized carbons (Fsp3) is 0.0952. The minimum absolute atomic E-state index is 0.107. The van der Waals surface area contributed by atoms with Crippen LogP contribution in [0.5, 0.6) is 11.6 Å². The van der Waals surface area contributed by atoms with Gasteiger partial charge in [0.05, 0.1) is 0 Å². The first-order valence-electron chi connectivity index (χ1n) is 8.72. The van der Waals surface area contributed by atoms with Crippen molar-refractivity contribution in [3.63, 3.8) is 0 Å². The molecule has 3 N–H and O–H groups in total. The van der Waals surface area contributed by atoms with E-state index in [4.69, 9.17) is 15.3 Å². The van der Waals surface area contributed by atoms with Gasteiger partial charge < -0.3 is 20.6 Å². The quantitative estimate of drug-likeness (QED) is 0.316. The summed E-state index contributed by atoms with van der Waals surface area (Å²) >= 11 is 3.41.